The van der Waals surface area contributed by atoms with Crippen LogP contribution in [0.4, 0.5) is 10.1 Å². The van der Waals surface area contributed by atoms with Crippen molar-refractivity contribution in [3.63, 3.8) is 0 Å². The van der Waals surface area contributed by atoms with Crippen LogP contribution in [0.5, 0.6) is 0 Å². The Morgan fingerprint density at radius 3 is 2.48 bits per heavy atom. The maximum atomic E-state index is 14.7. The molecule has 0 amide bonds. The van der Waals surface area contributed by atoms with Crippen LogP contribution in [0.15, 0.2) is 28.2 Å². The van der Waals surface area contributed by atoms with Crippen LogP contribution in [0, 0.1) is 5.82 Å². The van der Waals surface area contributed by atoms with Gasteiger partial charge in [0.15, 0.2) is 6.29 Å². The third-order valence-corrected chi connectivity index (χ3v) is 4.79. The molecule has 0 atom stereocenters. The van der Waals surface area contributed by atoms with E-state index in [-0.39, 0.29) is 17.5 Å². The molecule has 0 saturated heterocycles. The Kier molecular flexibility index (Phi) is 4.91. The molecule has 7 nitrogen and oxygen atoms in total. The second-order valence-corrected chi connectivity index (χ2v) is 6.29. The average Bonchev–Trinajstić information content (AvgIpc) is 2.58. The van der Waals surface area contributed by atoms with Crippen LogP contribution in [0.2, 0.25) is 0 Å². The summed E-state index contributed by atoms with van der Waals surface area (Å²) < 4.78 is 25.3. The molecule has 1 saturated carbocycles. The third kappa shape index (κ3) is 3.07. The van der Waals surface area contributed by atoms with E-state index >= 15 is 0 Å². The lowest BCUT2D eigenvalue weighted by molar-refractivity contribution is -0.107. The minimum Gasteiger partial charge on any atom is -0.369 e. The van der Waals surface area contributed by atoms with Crippen molar-refractivity contribution < 1.29 is 13.9 Å². The number of rotatable bonds is 4. The van der Waals surface area contributed by atoms with E-state index in [0.717, 1.165) is 32.1 Å². The smallest absolute Gasteiger partial charge is 0.220 e. The monoisotopic (exact) mass is 349 g/mol. The molecule has 1 aromatic carbocycles. The summed E-state index contributed by atoms with van der Waals surface area (Å²) in [5.74, 6) is -0.0803. The number of hydrogen-bond donors (Lipinski definition) is 2. The fraction of sp³-hybridized carbons (Fsp3) is 0.529. The lowest BCUT2D eigenvalue weighted by Gasteiger charge is -2.46. The van der Waals surface area contributed by atoms with E-state index in [1.807, 2.05) is 0 Å². The number of aliphatic imine (C=N–C) groups is 2. The third-order valence-electron chi connectivity index (χ3n) is 4.79. The topological polar surface area (TPSA) is 98.5 Å². The minimum absolute atomic E-state index is 0.156. The number of halogens is 1. The van der Waals surface area contributed by atoms with Gasteiger partial charge in [-0.15, -0.1) is 0 Å². The van der Waals surface area contributed by atoms with Crippen LogP contribution in [0.3, 0.4) is 0 Å². The summed E-state index contributed by atoms with van der Waals surface area (Å²) >= 11 is 0. The molecule has 1 heterocycles. The highest BCUT2D eigenvalue weighted by molar-refractivity contribution is 6.06. The molecule has 4 N–H and O–H groups in total. The predicted octanol–water partition coefficient (Wildman–Crippen LogP) is 2.23. The van der Waals surface area contributed by atoms with Crippen LogP contribution in [0.25, 0.3) is 0 Å². The van der Waals surface area contributed by atoms with Crippen molar-refractivity contribution in [3.8, 4) is 0 Å². The molecule has 1 fully saturated rings. The SMILES string of the molecule is COC(OC)c1c(F)cccc1N1C(N)=NC(N)=NC12CCCCC2. The quantitative estimate of drug-likeness (QED) is 0.812. The Morgan fingerprint density at radius 2 is 1.84 bits per heavy atom. The maximum absolute atomic E-state index is 14.7. The number of ether oxygens (including phenoxy) is 2. The van der Waals surface area contributed by atoms with Gasteiger partial charge in [-0.3, -0.25) is 4.90 Å². The van der Waals surface area contributed by atoms with Gasteiger partial charge in [0.1, 0.15) is 11.5 Å². The van der Waals surface area contributed by atoms with Crippen LogP contribution < -0.4 is 16.4 Å². The first-order valence-corrected chi connectivity index (χ1v) is 8.36. The van der Waals surface area contributed by atoms with Crippen LogP contribution >= 0.6 is 0 Å². The summed E-state index contributed by atoms with van der Waals surface area (Å²) in [4.78, 5) is 10.5. The number of methoxy groups -OCH3 is 2. The van der Waals surface area contributed by atoms with E-state index in [9.17, 15) is 4.39 Å². The van der Waals surface area contributed by atoms with Crippen molar-refractivity contribution in [1.82, 2.24) is 0 Å². The van der Waals surface area contributed by atoms with Gasteiger partial charge in [0, 0.05) is 14.2 Å². The zero-order valence-electron chi connectivity index (χ0n) is 14.5. The molecule has 3 rings (SSSR count). The number of anilines is 1. The van der Waals surface area contributed by atoms with Crippen molar-refractivity contribution in [3.05, 3.63) is 29.6 Å². The standard InChI is InChI=1S/C17H24FN5O2/c1-24-14(25-2)13-11(18)7-6-8-12(13)23-16(20)21-15(19)22-17(23)9-4-3-5-10-17/h6-8,14H,3-5,9-10H2,1-2H3,(H4,19,20,21,22). The van der Waals surface area contributed by atoms with E-state index in [0.29, 0.717) is 5.69 Å². The van der Waals surface area contributed by atoms with E-state index in [1.165, 1.54) is 20.3 Å². The van der Waals surface area contributed by atoms with Gasteiger partial charge in [-0.1, -0.05) is 12.5 Å². The lowest BCUT2D eigenvalue weighted by atomic mass is 9.87. The Labute approximate surface area is 146 Å². The second kappa shape index (κ2) is 6.97. The molecular weight excluding hydrogens is 325 g/mol. The van der Waals surface area contributed by atoms with Crippen LogP contribution in [0.1, 0.15) is 44.0 Å². The van der Waals surface area contributed by atoms with Crippen molar-refractivity contribution in [2.75, 3.05) is 19.1 Å². The summed E-state index contributed by atoms with van der Waals surface area (Å²) in [7, 11) is 2.93. The molecule has 1 aromatic rings. The fourth-order valence-electron chi connectivity index (χ4n) is 3.76. The highest BCUT2D eigenvalue weighted by Crippen LogP contribution is 2.42. The van der Waals surface area contributed by atoms with Crippen LogP contribution in [-0.2, 0) is 9.47 Å². The normalized spacial score (nSPS) is 19.9. The molecule has 0 bridgehead atoms. The zero-order valence-corrected chi connectivity index (χ0v) is 14.5. The number of nitrogens with zero attached hydrogens (tertiary/aromatic N) is 3. The first kappa shape index (κ1) is 17.6. The molecule has 1 aliphatic carbocycles. The average molecular weight is 349 g/mol. The highest BCUT2D eigenvalue weighted by Gasteiger charge is 2.44. The molecular formula is C17H24FN5O2. The summed E-state index contributed by atoms with van der Waals surface area (Å²) in [6.07, 6.45) is 3.77. The van der Waals surface area contributed by atoms with Gasteiger partial charge in [0.05, 0.1) is 11.3 Å². The predicted molar refractivity (Wildman–Crippen MR) is 94.7 cm³/mol. The summed E-state index contributed by atoms with van der Waals surface area (Å²) in [6.45, 7) is 0. The van der Waals surface area contributed by atoms with Gasteiger partial charge in [-0.25, -0.2) is 9.38 Å². The summed E-state index contributed by atoms with van der Waals surface area (Å²) in [5, 5.41) is 0. The van der Waals surface area contributed by atoms with Gasteiger partial charge in [0.2, 0.25) is 11.9 Å². The molecule has 2 aliphatic rings. The largest absolute Gasteiger partial charge is 0.369 e. The number of guanidine groups is 2. The van der Waals surface area contributed by atoms with Gasteiger partial charge < -0.3 is 20.9 Å². The fourth-order valence-corrected chi connectivity index (χ4v) is 3.76. The Balaban J connectivity index is 2.16. The van der Waals surface area contributed by atoms with E-state index in [2.05, 4.69) is 9.98 Å². The van der Waals surface area contributed by atoms with Crippen molar-refractivity contribution in [2.24, 2.45) is 21.5 Å². The number of nitrogens with two attached hydrogens (primary N) is 2. The first-order valence-electron chi connectivity index (χ1n) is 8.36. The minimum atomic E-state index is -0.868. The van der Waals surface area contributed by atoms with Gasteiger partial charge in [-0.2, -0.15) is 4.99 Å². The summed E-state index contributed by atoms with van der Waals surface area (Å²) in [5.41, 5.74) is 12.3. The molecule has 8 heteroatoms. The molecule has 0 radical (unpaired) electrons. The molecule has 0 aromatic heterocycles. The second-order valence-electron chi connectivity index (χ2n) is 6.29. The lowest BCUT2D eigenvalue weighted by Crippen LogP contribution is -2.58. The Hall–Kier alpha value is -2.19. The van der Waals surface area contributed by atoms with Crippen molar-refractivity contribution in [1.29, 1.82) is 0 Å². The summed E-state index contributed by atoms with van der Waals surface area (Å²) in [6, 6.07) is 4.77. The highest BCUT2D eigenvalue weighted by atomic mass is 19.1. The first-order chi connectivity index (χ1) is 12.0. The Morgan fingerprint density at radius 1 is 1.16 bits per heavy atom. The van der Waals surface area contributed by atoms with E-state index in [1.54, 1.807) is 17.0 Å². The molecule has 136 valence electrons. The van der Waals surface area contributed by atoms with Crippen molar-refractivity contribution in [2.45, 2.75) is 44.1 Å². The van der Waals surface area contributed by atoms with E-state index < -0.39 is 17.8 Å². The molecule has 25 heavy (non-hydrogen) atoms. The van der Waals surface area contributed by atoms with Crippen molar-refractivity contribution >= 4 is 17.6 Å². The maximum Gasteiger partial charge on any atom is 0.220 e. The molecule has 1 aliphatic heterocycles. The zero-order chi connectivity index (χ0) is 18.0. The number of benzene rings is 1. The van der Waals surface area contributed by atoms with E-state index in [4.69, 9.17) is 20.9 Å². The Bertz CT molecular complexity index is 696. The van der Waals surface area contributed by atoms with Crippen LogP contribution in [-0.4, -0.2) is 31.8 Å². The molecule has 1 spiro atoms. The van der Waals surface area contributed by atoms with Gasteiger partial charge >= 0.3 is 0 Å². The van der Waals surface area contributed by atoms with Gasteiger partial charge in [0.25, 0.3) is 0 Å². The number of hydrogen-bond acceptors (Lipinski definition) is 7. The molecule has 0 unspecified atom stereocenters. The van der Waals surface area contributed by atoms with Gasteiger partial charge in [-0.05, 0) is 37.8 Å².